The molecule has 174 valence electrons. The Morgan fingerprint density at radius 2 is 1.78 bits per heavy atom. The van der Waals surface area contributed by atoms with E-state index in [-0.39, 0.29) is 28.6 Å². The molecule has 0 aliphatic heterocycles. The monoisotopic (exact) mass is 453 g/mol. The molecule has 32 heavy (non-hydrogen) atoms. The first kappa shape index (κ1) is 22.5. The van der Waals surface area contributed by atoms with Crippen LogP contribution in [-0.2, 0) is 16.3 Å². The van der Waals surface area contributed by atoms with Gasteiger partial charge in [0.25, 0.3) is 0 Å². The fourth-order valence-electron chi connectivity index (χ4n) is 4.59. The van der Waals surface area contributed by atoms with Crippen molar-refractivity contribution < 1.29 is 27.2 Å². The lowest BCUT2D eigenvalue weighted by Crippen LogP contribution is -2.49. The van der Waals surface area contributed by atoms with Crippen molar-refractivity contribution in [3.8, 4) is 11.6 Å². The van der Waals surface area contributed by atoms with Gasteiger partial charge in [0.1, 0.15) is 0 Å². The lowest BCUT2D eigenvalue weighted by molar-refractivity contribution is -0.138. The van der Waals surface area contributed by atoms with Crippen molar-refractivity contribution in [2.75, 3.05) is 13.2 Å². The second-order valence-electron chi connectivity index (χ2n) is 8.84. The van der Waals surface area contributed by atoms with Crippen molar-refractivity contribution in [2.24, 2.45) is 5.41 Å². The van der Waals surface area contributed by atoms with Crippen LogP contribution in [0.25, 0.3) is 11.6 Å². The van der Waals surface area contributed by atoms with Gasteiger partial charge >= 0.3 is 12.3 Å². The van der Waals surface area contributed by atoms with Crippen molar-refractivity contribution in [1.82, 2.24) is 25.4 Å². The molecule has 2 bridgehead atoms. The van der Waals surface area contributed by atoms with E-state index in [0.717, 1.165) is 51.4 Å². The number of carbonyl (C=O) groups is 1. The average Bonchev–Trinajstić information content (AvgIpc) is 3.30. The third-order valence-corrected chi connectivity index (χ3v) is 6.80. The Morgan fingerprint density at radius 3 is 2.38 bits per heavy atom. The quantitative estimate of drug-likeness (QED) is 0.608. The smallest absolute Gasteiger partial charge is 0.419 e. The van der Waals surface area contributed by atoms with E-state index in [9.17, 15) is 18.0 Å². The number of halogens is 3. The Bertz CT molecular complexity index is 920. The predicted molar refractivity (Wildman–Crippen MR) is 106 cm³/mol. The number of carbonyl (C=O) groups excluding carboxylic acids is 1. The predicted octanol–water partition coefficient (Wildman–Crippen LogP) is 4.66. The minimum absolute atomic E-state index is 0.00356. The first-order valence-corrected chi connectivity index (χ1v) is 10.9. The van der Waals surface area contributed by atoms with E-state index < -0.39 is 11.7 Å². The Balaban J connectivity index is 1.37. The molecule has 3 aliphatic carbocycles. The highest BCUT2D eigenvalue weighted by molar-refractivity contribution is 5.67. The highest BCUT2D eigenvalue weighted by Crippen LogP contribution is 2.57. The number of nitrogens with one attached hydrogen (secondary N) is 1. The molecule has 0 spiro atoms. The van der Waals surface area contributed by atoms with Crippen molar-refractivity contribution in [2.45, 2.75) is 69.9 Å². The summed E-state index contributed by atoms with van der Waals surface area (Å²) in [6.07, 6.45) is 3.65. The minimum atomic E-state index is -4.50. The summed E-state index contributed by atoms with van der Waals surface area (Å²) in [6, 6.07) is 0. The van der Waals surface area contributed by atoms with Gasteiger partial charge in [0, 0.05) is 24.4 Å². The number of hydrogen-bond donors (Lipinski definition) is 1. The summed E-state index contributed by atoms with van der Waals surface area (Å²) in [5, 5.41) is 6.82. The molecule has 3 saturated carbocycles. The van der Waals surface area contributed by atoms with Gasteiger partial charge in [0.15, 0.2) is 0 Å². The van der Waals surface area contributed by atoms with Gasteiger partial charge in [-0.1, -0.05) is 18.5 Å². The second-order valence-corrected chi connectivity index (χ2v) is 8.84. The third-order valence-electron chi connectivity index (χ3n) is 6.80. The molecule has 0 atom stereocenters. The van der Waals surface area contributed by atoms with Crippen LogP contribution in [0.3, 0.4) is 0 Å². The highest BCUT2D eigenvalue weighted by Gasteiger charge is 2.52. The van der Waals surface area contributed by atoms with Gasteiger partial charge < -0.3 is 14.6 Å². The van der Waals surface area contributed by atoms with E-state index >= 15 is 0 Å². The number of unbranched alkanes of at least 4 members (excludes halogenated alkanes) is 1. The van der Waals surface area contributed by atoms with Crippen molar-refractivity contribution >= 4 is 6.09 Å². The lowest BCUT2D eigenvalue weighted by atomic mass is 9.53. The Morgan fingerprint density at radius 1 is 1.12 bits per heavy atom. The minimum Gasteiger partial charge on any atom is -0.450 e. The van der Waals surface area contributed by atoms with Crippen LogP contribution in [-0.4, -0.2) is 39.4 Å². The largest absolute Gasteiger partial charge is 0.450 e. The standard InChI is InChI=1S/C21H26F3N5O3/c1-2-3-10-31-18(30)27-13-19-4-7-20(8-5-19,9-6-19)17-28-16(29-32-17)15-25-11-14(12-26-15)21(22,23)24/h11-12H,2-10,13H2,1H3,(H,27,30). The van der Waals surface area contributed by atoms with Crippen LogP contribution in [0.1, 0.15) is 69.7 Å². The van der Waals surface area contributed by atoms with E-state index in [1.54, 1.807) is 0 Å². The summed E-state index contributed by atoms with van der Waals surface area (Å²) in [5.41, 5.74) is -1.13. The summed E-state index contributed by atoms with van der Waals surface area (Å²) >= 11 is 0. The molecular formula is C21H26F3N5O3. The molecule has 1 N–H and O–H groups in total. The normalized spacial score (nSPS) is 25.0. The van der Waals surface area contributed by atoms with Crippen LogP contribution < -0.4 is 5.32 Å². The molecule has 2 heterocycles. The molecule has 0 unspecified atom stereocenters. The molecular weight excluding hydrogens is 427 g/mol. The van der Waals surface area contributed by atoms with Crippen LogP contribution in [0.4, 0.5) is 18.0 Å². The molecule has 3 fully saturated rings. The molecule has 3 aliphatic rings. The van der Waals surface area contributed by atoms with Crippen LogP contribution in [0, 0.1) is 5.41 Å². The van der Waals surface area contributed by atoms with E-state index in [2.05, 4.69) is 25.4 Å². The molecule has 0 saturated heterocycles. The second kappa shape index (κ2) is 8.67. The number of rotatable bonds is 7. The third kappa shape index (κ3) is 4.56. The SMILES string of the molecule is CCCCOC(=O)NCC12CCC(c3nc(-c4ncc(C(F)(F)F)cn4)no3)(CC1)CC2. The number of alkyl carbamates (subject to hydrolysis) is 1. The fourth-order valence-corrected chi connectivity index (χ4v) is 4.59. The Kier molecular flexibility index (Phi) is 6.09. The summed E-state index contributed by atoms with van der Waals surface area (Å²) in [6.45, 7) is 3.06. The zero-order valence-corrected chi connectivity index (χ0v) is 17.9. The first-order chi connectivity index (χ1) is 15.3. The molecule has 2 aromatic rings. The maximum Gasteiger partial charge on any atom is 0.419 e. The molecule has 8 nitrogen and oxygen atoms in total. The van der Waals surface area contributed by atoms with E-state index in [4.69, 9.17) is 9.26 Å². The zero-order valence-electron chi connectivity index (χ0n) is 17.9. The molecule has 11 heteroatoms. The summed E-state index contributed by atoms with van der Waals surface area (Å²) in [5.74, 6) is 0.564. The van der Waals surface area contributed by atoms with E-state index in [1.165, 1.54) is 0 Å². The van der Waals surface area contributed by atoms with Gasteiger partial charge in [-0.2, -0.15) is 18.2 Å². The van der Waals surface area contributed by atoms with Gasteiger partial charge in [-0.25, -0.2) is 14.8 Å². The van der Waals surface area contributed by atoms with Crippen LogP contribution in [0.2, 0.25) is 0 Å². The van der Waals surface area contributed by atoms with Crippen LogP contribution >= 0.6 is 0 Å². The number of ether oxygens (including phenoxy) is 1. The fraction of sp³-hybridized carbons (Fsp3) is 0.667. The summed E-state index contributed by atoms with van der Waals surface area (Å²) in [4.78, 5) is 23.8. The number of amides is 1. The highest BCUT2D eigenvalue weighted by atomic mass is 19.4. The van der Waals surface area contributed by atoms with Crippen molar-refractivity contribution in [3.63, 3.8) is 0 Å². The van der Waals surface area contributed by atoms with Crippen LogP contribution in [0.15, 0.2) is 16.9 Å². The van der Waals surface area contributed by atoms with E-state index in [1.807, 2.05) is 6.92 Å². The average molecular weight is 453 g/mol. The maximum absolute atomic E-state index is 12.7. The number of aromatic nitrogens is 4. The molecule has 0 radical (unpaired) electrons. The first-order valence-electron chi connectivity index (χ1n) is 10.9. The van der Waals surface area contributed by atoms with Crippen LogP contribution in [0.5, 0.6) is 0 Å². The Labute approximate surface area is 183 Å². The van der Waals surface area contributed by atoms with Gasteiger partial charge in [0.2, 0.25) is 17.5 Å². The van der Waals surface area contributed by atoms with Gasteiger partial charge in [0.05, 0.1) is 12.2 Å². The van der Waals surface area contributed by atoms with Crippen molar-refractivity contribution in [3.05, 3.63) is 23.8 Å². The van der Waals surface area contributed by atoms with E-state index in [0.29, 0.717) is 31.4 Å². The van der Waals surface area contributed by atoms with Gasteiger partial charge in [-0.05, 0) is 50.4 Å². The molecule has 2 aromatic heterocycles. The number of nitrogens with zero attached hydrogens (tertiary/aromatic N) is 4. The number of fused-ring (bicyclic) bond motifs is 3. The molecule has 0 aromatic carbocycles. The molecule has 5 rings (SSSR count). The summed E-state index contributed by atoms with van der Waals surface area (Å²) < 4.78 is 48.8. The molecule has 1 amide bonds. The van der Waals surface area contributed by atoms with Gasteiger partial charge in [-0.3, -0.25) is 0 Å². The van der Waals surface area contributed by atoms with Gasteiger partial charge in [-0.15, -0.1) is 0 Å². The summed E-state index contributed by atoms with van der Waals surface area (Å²) in [7, 11) is 0. The topological polar surface area (TPSA) is 103 Å². The van der Waals surface area contributed by atoms with Crippen molar-refractivity contribution in [1.29, 1.82) is 0 Å². The lowest BCUT2D eigenvalue weighted by Gasteiger charge is -2.51. The number of hydrogen-bond acceptors (Lipinski definition) is 7. The number of alkyl halides is 3. The Hall–Kier alpha value is -2.72. The zero-order chi connectivity index (χ0) is 22.8. The maximum atomic E-state index is 12.7.